The number of hydrogen-bond donors (Lipinski definition) is 1. The minimum absolute atomic E-state index is 0.0559. The molecule has 1 N–H and O–H groups in total. The molecule has 1 aromatic heterocycles. The number of fused-ring (bicyclic) bond motifs is 1. The molecule has 0 bridgehead atoms. The van der Waals surface area contributed by atoms with Crippen LogP contribution in [0.3, 0.4) is 0 Å². The van der Waals surface area contributed by atoms with E-state index in [4.69, 9.17) is 4.74 Å². The molecular weight excluding hydrogens is 344 g/mol. The summed E-state index contributed by atoms with van der Waals surface area (Å²) in [6, 6.07) is 1.72. The van der Waals surface area contributed by atoms with Crippen LogP contribution in [0.15, 0.2) is 14.5 Å². The van der Waals surface area contributed by atoms with Crippen molar-refractivity contribution in [3.63, 3.8) is 0 Å². The van der Waals surface area contributed by atoms with Crippen molar-refractivity contribution in [3.05, 3.63) is 11.6 Å². The molecule has 1 aromatic rings. The summed E-state index contributed by atoms with van der Waals surface area (Å²) in [6.45, 7) is 4.10. The highest BCUT2D eigenvalue weighted by atomic mass is 32.3. The zero-order chi connectivity index (χ0) is 16.3. The third-order valence-corrected chi connectivity index (χ3v) is 8.50. The van der Waals surface area contributed by atoms with E-state index in [0.29, 0.717) is 34.5 Å². The second-order valence-corrected chi connectivity index (χ2v) is 9.87. The van der Waals surface area contributed by atoms with E-state index in [9.17, 15) is 12.6 Å². The van der Waals surface area contributed by atoms with Gasteiger partial charge in [0.1, 0.15) is 4.21 Å². The number of thiophene rings is 1. The summed E-state index contributed by atoms with van der Waals surface area (Å²) in [7, 11) is -3.08. The summed E-state index contributed by atoms with van der Waals surface area (Å²) in [4.78, 5) is 0. The molecule has 0 fully saturated rings. The second-order valence-electron chi connectivity index (χ2n) is 5.08. The Labute approximate surface area is 138 Å². The zero-order valence-electron chi connectivity index (χ0n) is 13.0. The average Bonchev–Trinajstić information content (AvgIpc) is 2.91. The molecule has 1 aliphatic heterocycles. The molecular formula is C13H22N2O4S3. The lowest BCUT2D eigenvalue weighted by Crippen LogP contribution is -2.43. The molecule has 2 heterocycles. The van der Waals surface area contributed by atoms with E-state index in [1.165, 1.54) is 4.31 Å². The number of hydrogen-bond acceptors (Lipinski definition) is 6. The van der Waals surface area contributed by atoms with Gasteiger partial charge in [0, 0.05) is 44.7 Å². The van der Waals surface area contributed by atoms with Crippen LogP contribution in [-0.4, -0.2) is 56.5 Å². The monoisotopic (exact) mass is 366 g/mol. The number of methoxy groups -OCH3 is 1. The fourth-order valence-electron chi connectivity index (χ4n) is 2.49. The SMILES string of the molecule is CCN[C@H]1CN(CCCOC)S(=O)(=O)c2sc(S(C)=O)cc21. The molecule has 6 nitrogen and oxygen atoms in total. The van der Waals surface area contributed by atoms with Crippen LogP contribution >= 0.6 is 11.3 Å². The molecule has 0 aliphatic carbocycles. The van der Waals surface area contributed by atoms with E-state index in [0.717, 1.165) is 23.4 Å². The summed E-state index contributed by atoms with van der Waals surface area (Å²) < 4.78 is 44.7. The minimum Gasteiger partial charge on any atom is -0.385 e. The Hall–Kier alpha value is -0.320. The van der Waals surface area contributed by atoms with Gasteiger partial charge >= 0.3 is 0 Å². The normalized spacial score (nSPS) is 22.4. The fraction of sp³-hybridized carbons (Fsp3) is 0.692. The maximum absolute atomic E-state index is 12.8. The summed E-state index contributed by atoms with van der Waals surface area (Å²) in [6.07, 6.45) is 2.23. The average molecular weight is 367 g/mol. The molecule has 0 saturated carbocycles. The van der Waals surface area contributed by atoms with Crippen LogP contribution in [0.2, 0.25) is 0 Å². The molecule has 2 rings (SSSR count). The molecule has 22 heavy (non-hydrogen) atoms. The van der Waals surface area contributed by atoms with E-state index in [-0.39, 0.29) is 6.04 Å². The van der Waals surface area contributed by atoms with Crippen molar-refractivity contribution >= 4 is 32.2 Å². The van der Waals surface area contributed by atoms with Crippen LogP contribution in [0.1, 0.15) is 24.9 Å². The predicted molar refractivity (Wildman–Crippen MR) is 88.3 cm³/mol. The largest absolute Gasteiger partial charge is 0.385 e. The number of likely N-dealkylation sites (N-methyl/N-ethyl adjacent to an activating group) is 1. The van der Waals surface area contributed by atoms with Gasteiger partial charge in [-0.3, -0.25) is 4.21 Å². The van der Waals surface area contributed by atoms with E-state index in [1.54, 1.807) is 19.4 Å². The van der Waals surface area contributed by atoms with E-state index >= 15 is 0 Å². The molecule has 0 amide bonds. The molecule has 9 heteroatoms. The Bertz CT molecular complexity index is 642. The first-order valence-corrected chi connectivity index (χ1v) is 10.9. The molecule has 0 radical (unpaired) electrons. The standard InChI is InChI=1S/C13H22N2O4S3/c1-4-14-11-9-15(6-5-7-19-2)22(17,18)13-10(11)8-12(20-13)21(3)16/h8,11,14H,4-7,9H2,1-3H3/t11-,21?/m0/s1. The van der Waals surface area contributed by atoms with Gasteiger partial charge in [-0.05, 0) is 19.0 Å². The maximum Gasteiger partial charge on any atom is 0.252 e. The van der Waals surface area contributed by atoms with Gasteiger partial charge in [-0.25, -0.2) is 8.42 Å². The topological polar surface area (TPSA) is 75.7 Å². The van der Waals surface area contributed by atoms with E-state index < -0.39 is 20.8 Å². The van der Waals surface area contributed by atoms with Crippen LogP contribution in [-0.2, 0) is 25.6 Å². The van der Waals surface area contributed by atoms with Gasteiger partial charge in [0.05, 0.1) is 15.0 Å². The summed E-state index contributed by atoms with van der Waals surface area (Å²) in [5, 5.41) is 3.32. The summed E-state index contributed by atoms with van der Waals surface area (Å²) in [5.41, 5.74) is 0.750. The Morgan fingerprint density at radius 2 is 2.27 bits per heavy atom. The van der Waals surface area contributed by atoms with Crippen molar-refractivity contribution in [3.8, 4) is 0 Å². The number of nitrogens with zero attached hydrogens (tertiary/aromatic N) is 1. The molecule has 1 unspecified atom stereocenters. The van der Waals surface area contributed by atoms with E-state index in [2.05, 4.69) is 5.32 Å². The van der Waals surface area contributed by atoms with Crippen LogP contribution in [0, 0.1) is 0 Å². The zero-order valence-corrected chi connectivity index (χ0v) is 15.4. The maximum atomic E-state index is 12.8. The molecule has 0 saturated heterocycles. The van der Waals surface area contributed by atoms with Crippen molar-refractivity contribution in [1.82, 2.24) is 9.62 Å². The third kappa shape index (κ3) is 3.60. The minimum atomic E-state index is -3.51. The number of nitrogens with one attached hydrogen (secondary N) is 1. The van der Waals surface area contributed by atoms with Gasteiger partial charge in [0.15, 0.2) is 0 Å². The predicted octanol–water partition coefficient (Wildman–Crippen LogP) is 1.18. The Kier molecular flexibility index (Phi) is 6.14. The summed E-state index contributed by atoms with van der Waals surface area (Å²) >= 11 is 1.12. The van der Waals surface area contributed by atoms with Gasteiger partial charge in [0.25, 0.3) is 10.0 Å². The molecule has 1 aliphatic rings. The summed E-state index contributed by atoms with van der Waals surface area (Å²) in [5.74, 6) is 0. The van der Waals surface area contributed by atoms with Crippen molar-refractivity contribution in [2.45, 2.75) is 27.8 Å². The first kappa shape index (κ1) is 18.0. The number of ether oxygens (including phenoxy) is 1. The van der Waals surface area contributed by atoms with Gasteiger partial charge in [-0.2, -0.15) is 4.31 Å². The quantitative estimate of drug-likeness (QED) is 0.734. The van der Waals surface area contributed by atoms with Crippen molar-refractivity contribution in [2.75, 3.05) is 39.6 Å². The third-order valence-electron chi connectivity index (χ3n) is 3.53. The van der Waals surface area contributed by atoms with Gasteiger partial charge in [0.2, 0.25) is 0 Å². The highest BCUT2D eigenvalue weighted by Gasteiger charge is 2.38. The van der Waals surface area contributed by atoms with Crippen LogP contribution < -0.4 is 5.32 Å². The van der Waals surface area contributed by atoms with Gasteiger partial charge in [-0.15, -0.1) is 11.3 Å². The molecule has 2 atom stereocenters. The molecule has 0 aromatic carbocycles. The highest BCUT2D eigenvalue weighted by Crippen LogP contribution is 2.39. The van der Waals surface area contributed by atoms with Gasteiger partial charge < -0.3 is 10.1 Å². The van der Waals surface area contributed by atoms with Crippen molar-refractivity contribution in [1.29, 1.82) is 0 Å². The Morgan fingerprint density at radius 1 is 1.55 bits per heavy atom. The smallest absolute Gasteiger partial charge is 0.252 e. The lowest BCUT2D eigenvalue weighted by Gasteiger charge is -2.32. The first-order chi connectivity index (χ1) is 10.4. The lowest BCUT2D eigenvalue weighted by molar-refractivity contribution is 0.185. The number of rotatable bonds is 7. The van der Waals surface area contributed by atoms with Crippen molar-refractivity contribution < 1.29 is 17.4 Å². The number of sulfonamides is 1. The van der Waals surface area contributed by atoms with E-state index in [1.807, 2.05) is 6.92 Å². The first-order valence-electron chi connectivity index (χ1n) is 7.11. The Balaban J connectivity index is 2.38. The van der Waals surface area contributed by atoms with Crippen molar-refractivity contribution in [2.24, 2.45) is 0 Å². The molecule has 126 valence electrons. The highest BCUT2D eigenvalue weighted by molar-refractivity contribution is 7.92. The fourth-order valence-corrected chi connectivity index (χ4v) is 6.80. The lowest BCUT2D eigenvalue weighted by atomic mass is 10.1. The Morgan fingerprint density at radius 3 is 2.86 bits per heavy atom. The molecule has 0 spiro atoms. The van der Waals surface area contributed by atoms with Crippen LogP contribution in [0.4, 0.5) is 0 Å². The second kappa shape index (κ2) is 7.50. The van der Waals surface area contributed by atoms with Crippen LogP contribution in [0.25, 0.3) is 0 Å². The van der Waals surface area contributed by atoms with Crippen LogP contribution in [0.5, 0.6) is 0 Å². The van der Waals surface area contributed by atoms with Gasteiger partial charge in [-0.1, -0.05) is 6.92 Å².